The molecule has 1 aliphatic heterocycles. The number of aromatic nitrogens is 1. The molecular formula is C21H20FN3O7S2Tc. The first-order valence-electron chi connectivity index (χ1n) is 9.32. The predicted octanol–water partition coefficient (Wildman–Crippen LogP) is 1.57. The minimum absolute atomic E-state index is 0. The molecule has 2 fully saturated rings. The Morgan fingerprint density at radius 2 is 1.60 bits per heavy atom. The number of pyridine rings is 1. The van der Waals surface area contributed by atoms with Gasteiger partial charge in [-0.05, 0) is 25.0 Å². The number of nitrogens with zero attached hydrogens (tertiary/aromatic N) is 3. The molecule has 1 aromatic heterocycles. The number of carbonyl (C=O) groups is 1. The summed E-state index contributed by atoms with van der Waals surface area (Å²) >= 11 is 9.26. The summed E-state index contributed by atoms with van der Waals surface area (Å²) in [6.45, 7) is 16.0. The maximum absolute atomic E-state index is 14.8. The van der Waals surface area contributed by atoms with E-state index in [0.717, 1.165) is 12.8 Å². The van der Waals surface area contributed by atoms with Gasteiger partial charge >= 0.3 is 39.9 Å². The van der Waals surface area contributed by atoms with Gasteiger partial charge in [0.1, 0.15) is 15.7 Å². The van der Waals surface area contributed by atoms with Gasteiger partial charge in [0.05, 0.1) is 11.2 Å². The number of hydrogen-bond donors (Lipinski definition) is 2. The van der Waals surface area contributed by atoms with Crippen molar-refractivity contribution in [3.8, 4) is 0 Å². The summed E-state index contributed by atoms with van der Waals surface area (Å²) in [6.07, 6.45) is 3.23. The van der Waals surface area contributed by atoms with Crippen molar-refractivity contribution in [2.24, 2.45) is 0 Å². The monoisotopic (exact) mass is 608 g/mol. The fourth-order valence-corrected chi connectivity index (χ4v) is 3.93. The average molecular weight is 608 g/mol. The minimum atomic E-state index is -1.29. The van der Waals surface area contributed by atoms with Crippen LogP contribution >= 0.6 is 24.8 Å². The fraction of sp³-hybridized carbons (Fsp3) is 0.333. The van der Waals surface area contributed by atoms with Gasteiger partial charge in [0.15, 0.2) is 0 Å². The molecule has 4 rings (SSSR count). The Kier molecular flexibility index (Phi) is 16.3. The summed E-state index contributed by atoms with van der Waals surface area (Å²) in [7, 11) is 0. The maximum atomic E-state index is 14.8. The number of anilines is 1. The number of piperazine rings is 1. The molecule has 0 amide bonds. The van der Waals surface area contributed by atoms with Gasteiger partial charge in [-0.1, -0.05) is 12.2 Å². The zero-order valence-electron chi connectivity index (χ0n) is 18.0. The first kappa shape index (κ1) is 34.9. The van der Waals surface area contributed by atoms with E-state index < -0.39 is 17.2 Å². The standard InChI is InChI=1S/C18H18FN3O3S2.3CO.H2O.Tc/c19-13-7-11-14(8-15(13)20-3-5-21(6-4-20)18(26)27)22(10-1-2-10)9-12(16(11)23)17(24)25;3*1-2;;/h7-10H,1-6H2,(H,24,25)(H,26,27);;;;1H2;/i;;;;;1+1. The van der Waals surface area contributed by atoms with E-state index in [2.05, 4.69) is 32.6 Å². The Hall–Kier alpha value is -2.30. The van der Waals surface area contributed by atoms with E-state index in [9.17, 15) is 19.1 Å². The quantitative estimate of drug-likeness (QED) is 0.233. The SMILES string of the molecule is O.O=C(O)c1cn(C2CC2)c2cc(N3CCN(C(=S)S)CC3)c(F)cc2c1=O.[99Tc].[C-]#[O+].[C-]#[O+].[C-]#[O+]. The molecule has 1 saturated heterocycles. The summed E-state index contributed by atoms with van der Waals surface area (Å²) in [5.41, 5.74) is 0.0303. The van der Waals surface area contributed by atoms with Crippen molar-refractivity contribution in [3.63, 3.8) is 0 Å². The van der Waals surface area contributed by atoms with Crippen molar-refractivity contribution in [1.82, 2.24) is 9.47 Å². The average Bonchev–Trinajstić information content (AvgIpc) is 3.68. The van der Waals surface area contributed by atoms with E-state index in [0.29, 0.717) is 41.7 Å². The van der Waals surface area contributed by atoms with Crippen LogP contribution in [0.4, 0.5) is 10.1 Å². The Morgan fingerprint density at radius 1 is 1.09 bits per heavy atom. The third kappa shape index (κ3) is 8.11. The number of fused-ring (bicyclic) bond motifs is 1. The van der Waals surface area contributed by atoms with Gasteiger partial charge < -0.3 is 24.9 Å². The summed E-state index contributed by atoms with van der Waals surface area (Å²) in [5.74, 6) is -1.81. The molecule has 0 bridgehead atoms. The number of halogens is 1. The number of thiocarbonyl (C=S) groups is 1. The van der Waals surface area contributed by atoms with E-state index in [1.54, 1.807) is 6.07 Å². The molecular weight excluding hydrogens is 588 g/mol. The first-order valence-corrected chi connectivity index (χ1v) is 10.2. The summed E-state index contributed by atoms with van der Waals surface area (Å²) in [5, 5.41) is 9.42. The molecule has 1 radical (unpaired) electrons. The van der Waals surface area contributed by atoms with Crippen LogP contribution in [0.25, 0.3) is 10.9 Å². The molecule has 2 heterocycles. The van der Waals surface area contributed by atoms with Gasteiger partial charge in [-0.15, -0.1) is 12.6 Å². The van der Waals surface area contributed by atoms with Crippen LogP contribution in [-0.2, 0) is 34.1 Å². The van der Waals surface area contributed by atoms with Crippen molar-refractivity contribution >= 4 is 51.7 Å². The molecule has 2 aliphatic rings. The van der Waals surface area contributed by atoms with Crippen molar-refractivity contribution in [1.29, 1.82) is 0 Å². The van der Waals surface area contributed by atoms with Crippen LogP contribution in [0.15, 0.2) is 23.1 Å². The zero-order valence-corrected chi connectivity index (χ0v) is 21.6. The van der Waals surface area contributed by atoms with Crippen LogP contribution in [0, 0.1) is 25.8 Å². The molecule has 10 nitrogen and oxygen atoms in total. The van der Waals surface area contributed by atoms with Crippen LogP contribution in [-0.4, -0.2) is 56.5 Å². The Morgan fingerprint density at radius 3 is 2.03 bits per heavy atom. The van der Waals surface area contributed by atoms with E-state index in [1.807, 2.05) is 14.4 Å². The topological polar surface area (TPSA) is 157 Å². The van der Waals surface area contributed by atoms with Crippen LogP contribution in [0.1, 0.15) is 29.2 Å². The zero-order chi connectivity index (χ0) is 25.3. The molecule has 0 atom stereocenters. The third-order valence-electron chi connectivity index (χ3n) is 5.16. The molecule has 1 aromatic carbocycles. The van der Waals surface area contributed by atoms with Crippen LogP contribution in [0.5, 0.6) is 0 Å². The number of carboxylic acids is 1. The molecule has 1 aliphatic carbocycles. The summed E-state index contributed by atoms with van der Waals surface area (Å²) in [6, 6.07) is 3.00. The molecule has 14 heteroatoms. The van der Waals surface area contributed by atoms with Gasteiger partial charge in [-0.3, -0.25) is 4.79 Å². The Balaban J connectivity index is 0. The third-order valence-corrected chi connectivity index (χ3v) is 5.70. The van der Waals surface area contributed by atoms with Gasteiger partial charge in [-0.2, -0.15) is 0 Å². The second kappa shape index (κ2) is 16.4. The second-order valence-corrected chi connectivity index (χ2v) is 8.01. The van der Waals surface area contributed by atoms with E-state index in [-0.39, 0.29) is 42.6 Å². The van der Waals surface area contributed by atoms with Gasteiger partial charge in [0.25, 0.3) is 0 Å². The van der Waals surface area contributed by atoms with E-state index in [4.69, 9.17) is 26.2 Å². The van der Waals surface area contributed by atoms with E-state index >= 15 is 0 Å². The van der Waals surface area contributed by atoms with E-state index in [1.165, 1.54) is 12.3 Å². The number of thiol groups is 1. The molecule has 35 heavy (non-hydrogen) atoms. The fourth-order valence-electron chi connectivity index (χ4n) is 3.55. The van der Waals surface area contributed by atoms with Gasteiger partial charge in [0, 0.05) is 63.9 Å². The van der Waals surface area contributed by atoms with Crippen LogP contribution in [0.2, 0.25) is 0 Å². The van der Waals surface area contributed by atoms with Crippen LogP contribution in [0.3, 0.4) is 0 Å². The molecule has 0 spiro atoms. The normalized spacial score (nSPS) is 13.6. The number of benzene rings is 1. The molecule has 2 aromatic rings. The summed E-state index contributed by atoms with van der Waals surface area (Å²) in [4.78, 5) is 27.8. The van der Waals surface area contributed by atoms with Crippen molar-refractivity contribution in [2.75, 3.05) is 31.1 Å². The van der Waals surface area contributed by atoms with Crippen LogP contribution < -0.4 is 10.3 Å². The molecule has 187 valence electrons. The van der Waals surface area contributed by atoms with Gasteiger partial charge in [-0.25, -0.2) is 9.18 Å². The number of aromatic carboxylic acids is 1. The van der Waals surface area contributed by atoms with Gasteiger partial charge in [0.2, 0.25) is 5.43 Å². The number of rotatable bonds is 3. The molecule has 3 N–H and O–H groups in total. The van der Waals surface area contributed by atoms with Crippen molar-refractivity contribution in [2.45, 2.75) is 18.9 Å². The first-order chi connectivity index (χ1) is 15.9. The Bertz CT molecular complexity index is 1140. The van der Waals surface area contributed by atoms with Crippen molar-refractivity contribution in [3.05, 3.63) is 59.9 Å². The molecule has 1 saturated carbocycles. The molecule has 0 unspecified atom stereocenters. The number of hydrogen-bond acceptors (Lipinski definition) is 4. The predicted molar refractivity (Wildman–Crippen MR) is 124 cm³/mol. The van der Waals surface area contributed by atoms with Crippen molar-refractivity contribution < 1.29 is 53.8 Å². The Labute approximate surface area is 224 Å². The number of carboxylic acid groups (broad SMARTS) is 1. The summed E-state index contributed by atoms with van der Waals surface area (Å²) < 4.78 is 39.7. The second-order valence-electron chi connectivity index (χ2n) is 6.89.